The minimum atomic E-state index is -0.537. The van der Waals surface area contributed by atoms with Crippen molar-refractivity contribution in [3.63, 3.8) is 0 Å². The molecule has 0 unspecified atom stereocenters. The topological polar surface area (TPSA) is 75.4 Å². The van der Waals surface area contributed by atoms with E-state index in [-0.39, 0.29) is 12.5 Å². The molecule has 3 N–H and O–H groups in total. The van der Waals surface area contributed by atoms with E-state index in [2.05, 4.69) is 11.4 Å². The lowest BCUT2D eigenvalue weighted by Crippen LogP contribution is -2.34. The fraction of sp³-hybridized carbons (Fsp3) is 0.111. The molecular formula is C18H16N3O2. The first kappa shape index (κ1) is 14.8. The number of para-hydroxylation sites is 1. The number of nitrogens with two attached hydrogens (primary N) is 1. The van der Waals surface area contributed by atoms with Crippen LogP contribution in [0.15, 0.2) is 48.5 Å². The predicted molar refractivity (Wildman–Crippen MR) is 90.1 cm³/mol. The van der Waals surface area contributed by atoms with Gasteiger partial charge in [-0.05, 0) is 23.8 Å². The van der Waals surface area contributed by atoms with Crippen LogP contribution in [0.1, 0.15) is 15.9 Å². The third kappa shape index (κ3) is 3.40. The number of primary amides is 1. The zero-order valence-corrected chi connectivity index (χ0v) is 12.5. The molecule has 0 atom stereocenters. The van der Waals surface area contributed by atoms with Gasteiger partial charge in [0.15, 0.2) is 0 Å². The fourth-order valence-corrected chi connectivity index (χ4v) is 2.53. The second kappa shape index (κ2) is 6.36. The Labute approximate surface area is 134 Å². The van der Waals surface area contributed by atoms with Crippen LogP contribution < -0.4 is 16.0 Å². The summed E-state index contributed by atoms with van der Waals surface area (Å²) in [6.45, 7) is 0.894. The summed E-state index contributed by atoms with van der Waals surface area (Å²) < 4.78 is 0. The van der Waals surface area contributed by atoms with Crippen LogP contribution in [0.3, 0.4) is 0 Å². The Morgan fingerprint density at radius 1 is 1.26 bits per heavy atom. The van der Waals surface area contributed by atoms with Crippen molar-refractivity contribution in [3.05, 3.63) is 65.7 Å². The molecule has 1 radical (unpaired) electrons. The predicted octanol–water partition coefficient (Wildman–Crippen LogP) is 2.06. The second-order valence-electron chi connectivity index (χ2n) is 5.25. The van der Waals surface area contributed by atoms with Crippen molar-refractivity contribution >= 4 is 29.3 Å². The zero-order chi connectivity index (χ0) is 16.2. The highest BCUT2D eigenvalue weighted by Crippen LogP contribution is 2.25. The van der Waals surface area contributed by atoms with Gasteiger partial charge >= 0.3 is 0 Å². The number of anilines is 2. The second-order valence-corrected chi connectivity index (χ2v) is 5.25. The maximum Gasteiger partial charge on any atom is 0.248 e. The van der Waals surface area contributed by atoms with Crippen molar-refractivity contribution in [2.24, 2.45) is 5.73 Å². The van der Waals surface area contributed by atoms with Gasteiger partial charge in [-0.2, -0.15) is 0 Å². The van der Waals surface area contributed by atoms with Crippen molar-refractivity contribution in [2.75, 3.05) is 23.3 Å². The number of fused-ring (bicyclic) bond motifs is 1. The van der Waals surface area contributed by atoms with E-state index < -0.39 is 5.91 Å². The van der Waals surface area contributed by atoms with Crippen LogP contribution in [-0.4, -0.2) is 24.9 Å². The van der Waals surface area contributed by atoms with E-state index in [0.29, 0.717) is 17.8 Å². The van der Waals surface area contributed by atoms with Crippen LogP contribution in [0.5, 0.6) is 0 Å². The highest BCUT2D eigenvalue weighted by atomic mass is 16.2. The van der Waals surface area contributed by atoms with Crippen molar-refractivity contribution in [1.82, 2.24) is 0 Å². The van der Waals surface area contributed by atoms with Gasteiger partial charge in [0, 0.05) is 29.5 Å². The smallest absolute Gasteiger partial charge is 0.248 e. The molecule has 0 aliphatic carbocycles. The maximum absolute atomic E-state index is 12.3. The van der Waals surface area contributed by atoms with Gasteiger partial charge in [0.05, 0.1) is 6.54 Å². The molecule has 2 aromatic rings. The molecule has 5 heteroatoms. The highest BCUT2D eigenvalue weighted by Gasteiger charge is 2.16. The van der Waals surface area contributed by atoms with Gasteiger partial charge in [0.2, 0.25) is 11.8 Å². The average Bonchev–Trinajstić information content (AvgIpc) is 2.55. The summed E-state index contributed by atoms with van der Waals surface area (Å²) in [5.74, 6) is -0.711. The molecule has 115 valence electrons. The minimum absolute atomic E-state index is 0.173. The van der Waals surface area contributed by atoms with Gasteiger partial charge in [-0.3, -0.25) is 9.59 Å². The summed E-state index contributed by atoms with van der Waals surface area (Å²) in [4.78, 5) is 25.4. The van der Waals surface area contributed by atoms with Crippen LogP contribution in [0, 0.1) is 6.07 Å². The molecular weight excluding hydrogens is 290 g/mol. The van der Waals surface area contributed by atoms with Gasteiger partial charge in [-0.25, -0.2) is 0 Å². The summed E-state index contributed by atoms with van der Waals surface area (Å²) in [7, 11) is 0. The van der Waals surface area contributed by atoms with Crippen LogP contribution in [0.2, 0.25) is 0 Å². The molecule has 5 nitrogen and oxygen atoms in total. The van der Waals surface area contributed by atoms with Crippen LogP contribution in [-0.2, 0) is 4.79 Å². The molecule has 1 heterocycles. The fourth-order valence-electron chi connectivity index (χ4n) is 2.53. The number of hydrogen-bond donors (Lipinski definition) is 2. The first-order chi connectivity index (χ1) is 11.1. The Balaban J connectivity index is 1.70. The van der Waals surface area contributed by atoms with E-state index in [4.69, 9.17) is 5.73 Å². The van der Waals surface area contributed by atoms with Gasteiger partial charge in [-0.1, -0.05) is 36.4 Å². The minimum Gasteiger partial charge on any atom is -0.366 e. The summed E-state index contributed by atoms with van der Waals surface area (Å²) >= 11 is 0. The lowest BCUT2D eigenvalue weighted by molar-refractivity contribution is -0.115. The van der Waals surface area contributed by atoms with E-state index in [1.165, 1.54) is 6.07 Å². The molecule has 0 bridgehead atoms. The molecule has 1 aliphatic heterocycles. The van der Waals surface area contributed by atoms with Gasteiger partial charge in [0.25, 0.3) is 0 Å². The SMILES string of the molecule is NC(=O)c1cc[c]c(NC(=O)CN2CC=Cc3ccccc32)c1. The van der Waals surface area contributed by atoms with E-state index in [0.717, 1.165) is 11.3 Å². The maximum atomic E-state index is 12.3. The van der Waals surface area contributed by atoms with E-state index in [1.807, 2.05) is 41.3 Å². The molecule has 0 aromatic heterocycles. The van der Waals surface area contributed by atoms with Gasteiger partial charge in [-0.15, -0.1) is 0 Å². The number of nitrogens with one attached hydrogen (secondary N) is 1. The Kier molecular flexibility index (Phi) is 4.10. The average molecular weight is 306 g/mol. The van der Waals surface area contributed by atoms with E-state index >= 15 is 0 Å². The Bertz CT molecular complexity index is 783. The Hall–Kier alpha value is -3.08. The van der Waals surface area contributed by atoms with E-state index in [1.54, 1.807) is 12.1 Å². The summed E-state index contributed by atoms with van der Waals surface area (Å²) in [5, 5.41) is 2.75. The summed E-state index contributed by atoms with van der Waals surface area (Å²) in [5.41, 5.74) is 8.13. The van der Waals surface area contributed by atoms with Crippen LogP contribution in [0.4, 0.5) is 11.4 Å². The third-order valence-electron chi connectivity index (χ3n) is 3.60. The number of amides is 2. The number of carbonyl (C=O) groups excluding carboxylic acids is 2. The normalized spacial score (nSPS) is 12.6. The molecule has 3 rings (SSSR count). The monoisotopic (exact) mass is 306 g/mol. The third-order valence-corrected chi connectivity index (χ3v) is 3.60. The van der Waals surface area contributed by atoms with Crippen molar-refractivity contribution < 1.29 is 9.59 Å². The lowest BCUT2D eigenvalue weighted by atomic mass is 10.1. The number of benzene rings is 2. The number of nitrogens with zero attached hydrogens (tertiary/aromatic N) is 1. The molecule has 0 saturated carbocycles. The standard InChI is InChI=1S/C18H16N3O2/c19-18(23)14-6-3-8-15(11-14)20-17(22)12-21-10-4-7-13-5-1-2-9-16(13)21/h1-7,9,11H,10,12H2,(H2,19,23)(H,20,22). The largest absolute Gasteiger partial charge is 0.366 e. The zero-order valence-electron chi connectivity index (χ0n) is 12.5. The quantitative estimate of drug-likeness (QED) is 0.908. The van der Waals surface area contributed by atoms with E-state index in [9.17, 15) is 9.59 Å². The van der Waals surface area contributed by atoms with Gasteiger partial charge in [0.1, 0.15) is 0 Å². The molecule has 2 aromatic carbocycles. The molecule has 0 spiro atoms. The number of carbonyl (C=O) groups is 2. The molecule has 1 aliphatic rings. The highest BCUT2D eigenvalue weighted by molar-refractivity contribution is 5.97. The Morgan fingerprint density at radius 3 is 2.91 bits per heavy atom. The Morgan fingerprint density at radius 2 is 2.09 bits per heavy atom. The lowest BCUT2D eigenvalue weighted by Gasteiger charge is -2.27. The first-order valence-corrected chi connectivity index (χ1v) is 7.25. The van der Waals surface area contributed by atoms with Crippen LogP contribution in [0.25, 0.3) is 6.08 Å². The van der Waals surface area contributed by atoms with Gasteiger partial charge < -0.3 is 16.0 Å². The van der Waals surface area contributed by atoms with Crippen molar-refractivity contribution in [2.45, 2.75) is 0 Å². The molecule has 0 fully saturated rings. The summed E-state index contributed by atoms with van der Waals surface area (Å²) in [6, 6.07) is 15.4. The summed E-state index contributed by atoms with van der Waals surface area (Å²) in [6.07, 6.45) is 4.07. The first-order valence-electron chi connectivity index (χ1n) is 7.25. The number of hydrogen-bond acceptors (Lipinski definition) is 3. The molecule has 0 saturated heterocycles. The number of rotatable bonds is 4. The van der Waals surface area contributed by atoms with Crippen molar-refractivity contribution in [1.29, 1.82) is 0 Å². The molecule has 2 amide bonds. The van der Waals surface area contributed by atoms with Crippen molar-refractivity contribution in [3.8, 4) is 0 Å². The van der Waals surface area contributed by atoms with Crippen LogP contribution >= 0.6 is 0 Å². The molecule has 23 heavy (non-hydrogen) atoms.